The molecule has 0 amide bonds. The van der Waals surface area contributed by atoms with Crippen molar-refractivity contribution < 1.29 is 0 Å². The van der Waals surface area contributed by atoms with E-state index in [1.807, 2.05) is 16.7 Å². The van der Waals surface area contributed by atoms with Gasteiger partial charge in [-0.05, 0) is 38.1 Å². The van der Waals surface area contributed by atoms with Crippen molar-refractivity contribution in [2.75, 3.05) is 13.1 Å². The Bertz CT molecular complexity index is 592. The molecule has 0 spiro atoms. The van der Waals surface area contributed by atoms with Crippen LogP contribution in [-0.2, 0) is 7.05 Å². The van der Waals surface area contributed by atoms with Gasteiger partial charge in [0.1, 0.15) is 0 Å². The van der Waals surface area contributed by atoms with Crippen LogP contribution in [0.15, 0.2) is 23.1 Å². The zero-order chi connectivity index (χ0) is 11.8. The Hall–Kier alpha value is -1.62. The minimum Gasteiger partial charge on any atom is -0.317 e. The fraction of sp³-hybridized carbons (Fsp3) is 0.500. The van der Waals surface area contributed by atoms with Crippen molar-refractivity contribution >= 4 is 11.2 Å². The van der Waals surface area contributed by atoms with Crippen molar-refractivity contribution in [2.45, 2.75) is 18.9 Å². The molecule has 1 fully saturated rings. The van der Waals surface area contributed by atoms with Gasteiger partial charge in [0.2, 0.25) is 0 Å². The second-order valence-electron chi connectivity index (χ2n) is 4.54. The molecule has 0 aliphatic carbocycles. The molecule has 0 aromatic carbocycles. The number of pyridine rings is 1. The predicted molar refractivity (Wildman–Crippen MR) is 66.1 cm³/mol. The number of imidazole rings is 1. The molecule has 5 nitrogen and oxygen atoms in total. The molecule has 17 heavy (non-hydrogen) atoms. The molecule has 0 radical (unpaired) electrons. The van der Waals surface area contributed by atoms with E-state index < -0.39 is 0 Å². The molecule has 1 N–H and O–H groups in total. The minimum absolute atomic E-state index is 0.0469. The third-order valence-corrected chi connectivity index (χ3v) is 3.51. The van der Waals surface area contributed by atoms with Gasteiger partial charge >= 0.3 is 5.69 Å². The number of nitrogens with one attached hydrogen (secondary N) is 1. The summed E-state index contributed by atoms with van der Waals surface area (Å²) in [6.07, 6.45) is 3.75. The van der Waals surface area contributed by atoms with Crippen LogP contribution in [0.3, 0.4) is 0 Å². The van der Waals surface area contributed by atoms with Crippen LogP contribution in [0.5, 0.6) is 0 Å². The molecule has 2 aromatic rings. The molecule has 1 aliphatic rings. The first kappa shape index (κ1) is 10.5. The summed E-state index contributed by atoms with van der Waals surface area (Å²) in [6, 6.07) is 4.17. The summed E-state index contributed by atoms with van der Waals surface area (Å²) in [5, 5.41) is 3.32. The van der Waals surface area contributed by atoms with E-state index in [4.69, 9.17) is 0 Å². The van der Waals surface area contributed by atoms with Crippen molar-refractivity contribution in [2.24, 2.45) is 7.05 Å². The van der Waals surface area contributed by atoms with Gasteiger partial charge in [0.25, 0.3) is 0 Å². The lowest BCUT2D eigenvalue weighted by Gasteiger charge is -2.23. The summed E-state index contributed by atoms with van der Waals surface area (Å²) in [7, 11) is 1.79. The smallest absolute Gasteiger partial charge is 0.317 e. The molecule has 0 bridgehead atoms. The third-order valence-electron chi connectivity index (χ3n) is 3.51. The Kier molecular flexibility index (Phi) is 2.48. The van der Waals surface area contributed by atoms with E-state index in [0.717, 1.165) is 37.1 Å². The Morgan fingerprint density at radius 3 is 2.94 bits per heavy atom. The monoisotopic (exact) mass is 232 g/mol. The molecule has 90 valence electrons. The summed E-state index contributed by atoms with van der Waals surface area (Å²) in [6.45, 7) is 1.96. The van der Waals surface area contributed by atoms with Crippen LogP contribution in [0, 0.1) is 0 Å². The average Bonchev–Trinajstić information content (AvgIpc) is 2.64. The van der Waals surface area contributed by atoms with E-state index in [1.165, 1.54) is 0 Å². The van der Waals surface area contributed by atoms with Crippen molar-refractivity contribution in [1.82, 2.24) is 19.4 Å². The summed E-state index contributed by atoms with van der Waals surface area (Å²) in [5.74, 6) is 0. The summed E-state index contributed by atoms with van der Waals surface area (Å²) >= 11 is 0. The largest absolute Gasteiger partial charge is 0.330 e. The van der Waals surface area contributed by atoms with Crippen molar-refractivity contribution in [3.63, 3.8) is 0 Å². The first-order chi connectivity index (χ1) is 8.29. The van der Waals surface area contributed by atoms with Crippen molar-refractivity contribution in [3.8, 4) is 0 Å². The number of piperidine rings is 1. The molecule has 0 atom stereocenters. The summed E-state index contributed by atoms with van der Waals surface area (Å²) in [5.41, 5.74) is 1.77. The van der Waals surface area contributed by atoms with Crippen LogP contribution in [-0.4, -0.2) is 27.2 Å². The number of hydrogen-bond donors (Lipinski definition) is 1. The predicted octanol–water partition coefficient (Wildman–Crippen LogP) is 0.659. The van der Waals surface area contributed by atoms with E-state index in [9.17, 15) is 4.79 Å². The van der Waals surface area contributed by atoms with Gasteiger partial charge < -0.3 is 5.32 Å². The molecular weight excluding hydrogens is 216 g/mol. The summed E-state index contributed by atoms with van der Waals surface area (Å²) in [4.78, 5) is 16.5. The molecule has 1 saturated heterocycles. The number of hydrogen-bond acceptors (Lipinski definition) is 3. The second-order valence-corrected chi connectivity index (χ2v) is 4.54. The Balaban J connectivity index is 2.21. The van der Waals surface area contributed by atoms with Gasteiger partial charge in [-0.2, -0.15) is 0 Å². The van der Waals surface area contributed by atoms with Crippen LogP contribution in [0.25, 0.3) is 11.2 Å². The van der Waals surface area contributed by atoms with Crippen LogP contribution in [0.2, 0.25) is 0 Å². The molecule has 1 aliphatic heterocycles. The van der Waals surface area contributed by atoms with Gasteiger partial charge in [-0.25, -0.2) is 9.78 Å². The lowest BCUT2D eigenvalue weighted by Crippen LogP contribution is -2.34. The van der Waals surface area contributed by atoms with Crippen LogP contribution >= 0.6 is 0 Å². The first-order valence-electron chi connectivity index (χ1n) is 6.01. The highest BCUT2D eigenvalue weighted by Crippen LogP contribution is 2.21. The maximum atomic E-state index is 12.3. The Labute approximate surface area is 99.1 Å². The standard InChI is InChI=1S/C12H16N4O/c1-15-11-10(3-2-6-14-11)16(12(15)17)9-4-7-13-8-5-9/h2-3,6,9,13H,4-5,7-8H2,1H3. The molecular formula is C12H16N4O. The first-order valence-corrected chi connectivity index (χ1v) is 6.01. The number of nitrogens with zero attached hydrogens (tertiary/aromatic N) is 3. The maximum absolute atomic E-state index is 12.3. The van der Waals surface area contributed by atoms with Gasteiger partial charge in [-0.3, -0.25) is 9.13 Å². The van der Waals surface area contributed by atoms with E-state index in [-0.39, 0.29) is 5.69 Å². The van der Waals surface area contributed by atoms with Gasteiger partial charge in [-0.1, -0.05) is 0 Å². The quantitative estimate of drug-likeness (QED) is 0.786. The number of rotatable bonds is 1. The highest BCUT2D eigenvalue weighted by atomic mass is 16.1. The zero-order valence-corrected chi connectivity index (χ0v) is 9.89. The number of fused-ring (bicyclic) bond motifs is 1. The van der Waals surface area contributed by atoms with Gasteiger partial charge in [-0.15, -0.1) is 0 Å². The maximum Gasteiger partial charge on any atom is 0.330 e. The Morgan fingerprint density at radius 1 is 1.41 bits per heavy atom. The molecule has 3 heterocycles. The number of aromatic nitrogens is 3. The molecule has 0 saturated carbocycles. The molecule has 0 unspecified atom stereocenters. The zero-order valence-electron chi connectivity index (χ0n) is 9.89. The fourth-order valence-electron chi connectivity index (χ4n) is 2.61. The molecule has 5 heteroatoms. The van der Waals surface area contributed by atoms with E-state index in [2.05, 4.69) is 10.3 Å². The highest BCUT2D eigenvalue weighted by Gasteiger charge is 2.21. The van der Waals surface area contributed by atoms with Gasteiger partial charge in [0.05, 0.1) is 5.52 Å². The fourth-order valence-corrected chi connectivity index (χ4v) is 2.61. The third kappa shape index (κ3) is 1.58. The molecule has 3 rings (SSSR count). The van der Waals surface area contributed by atoms with E-state index in [0.29, 0.717) is 6.04 Å². The highest BCUT2D eigenvalue weighted by molar-refractivity contribution is 5.71. The number of aryl methyl sites for hydroxylation is 1. The van der Waals surface area contributed by atoms with Crippen LogP contribution in [0.4, 0.5) is 0 Å². The van der Waals surface area contributed by atoms with Crippen molar-refractivity contribution in [1.29, 1.82) is 0 Å². The minimum atomic E-state index is 0.0469. The Morgan fingerprint density at radius 2 is 2.18 bits per heavy atom. The molecule has 2 aromatic heterocycles. The van der Waals surface area contributed by atoms with E-state index in [1.54, 1.807) is 17.8 Å². The summed E-state index contributed by atoms with van der Waals surface area (Å²) < 4.78 is 3.54. The van der Waals surface area contributed by atoms with Crippen LogP contribution < -0.4 is 11.0 Å². The van der Waals surface area contributed by atoms with Crippen molar-refractivity contribution in [3.05, 3.63) is 28.8 Å². The lowest BCUT2D eigenvalue weighted by atomic mass is 10.1. The van der Waals surface area contributed by atoms with Gasteiger partial charge in [0.15, 0.2) is 5.65 Å². The SMILES string of the molecule is Cn1c(=O)n(C2CCNCC2)c2cccnc21. The van der Waals surface area contributed by atoms with E-state index >= 15 is 0 Å². The topological polar surface area (TPSA) is 51.9 Å². The lowest BCUT2D eigenvalue weighted by molar-refractivity contribution is 0.366. The normalized spacial score (nSPS) is 17.7. The van der Waals surface area contributed by atoms with Gasteiger partial charge in [0, 0.05) is 19.3 Å². The average molecular weight is 232 g/mol. The second kappa shape index (κ2) is 4.00. The van der Waals surface area contributed by atoms with Crippen LogP contribution in [0.1, 0.15) is 18.9 Å².